The molecular formula is C13H18ClN3O3. The van der Waals surface area contributed by atoms with E-state index >= 15 is 0 Å². The second-order valence-electron chi connectivity index (χ2n) is 4.13. The van der Waals surface area contributed by atoms with E-state index in [1.165, 1.54) is 17.2 Å². The zero-order valence-electron chi connectivity index (χ0n) is 11.6. The van der Waals surface area contributed by atoms with E-state index in [2.05, 4.69) is 4.98 Å². The third-order valence-corrected chi connectivity index (χ3v) is 2.74. The lowest BCUT2D eigenvalue weighted by Gasteiger charge is -2.21. The van der Waals surface area contributed by atoms with Crippen LogP contribution in [0.1, 0.15) is 30.6 Å². The molecule has 0 bridgehead atoms. The van der Waals surface area contributed by atoms with Gasteiger partial charge in [0, 0.05) is 6.54 Å². The van der Waals surface area contributed by atoms with Gasteiger partial charge in [-0.3, -0.25) is 9.59 Å². The number of aromatic nitrogens is 1. The number of carbonyl (C=O) groups is 2. The maximum absolute atomic E-state index is 12.4. The smallest absolute Gasteiger partial charge is 0.325 e. The van der Waals surface area contributed by atoms with Crippen LogP contribution in [-0.4, -0.2) is 41.5 Å². The highest BCUT2D eigenvalue weighted by atomic mass is 35.5. The van der Waals surface area contributed by atoms with Gasteiger partial charge in [0.15, 0.2) is 0 Å². The minimum atomic E-state index is -0.451. The molecule has 0 aliphatic carbocycles. The first-order valence-corrected chi connectivity index (χ1v) is 6.73. The fraction of sp³-hybridized carbons (Fsp3) is 0.462. The molecule has 7 heteroatoms. The summed E-state index contributed by atoms with van der Waals surface area (Å²) >= 11 is 5.77. The lowest BCUT2D eigenvalue weighted by atomic mass is 10.2. The average Bonchev–Trinajstić information content (AvgIpc) is 2.40. The van der Waals surface area contributed by atoms with Gasteiger partial charge in [-0.25, -0.2) is 4.98 Å². The molecule has 0 radical (unpaired) electrons. The maximum Gasteiger partial charge on any atom is 0.325 e. The van der Waals surface area contributed by atoms with Crippen molar-refractivity contribution in [3.05, 3.63) is 23.0 Å². The van der Waals surface area contributed by atoms with Crippen molar-refractivity contribution in [2.24, 2.45) is 0 Å². The molecule has 1 aromatic heterocycles. The van der Waals surface area contributed by atoms with Crippen molar-refractivity contribution in [1.82, 2.24) is 9.88 Å². The second kappa shape index (κ2) is 7.69. The predicted molar refractivity (Wildman–Crippen MR) is 76.5 cm³/mol. The third kappa shape index (κ3) is 4.38. The fourth-order valence-electron chi connectivity index (χ4n) is 1.68. The first-order chi connectivity index (χ1) is 9.49. The zero-order valence-corrected chi connectivity index (χ0v) is 12.3. The van der Waals surface area contributed by atoms with Gasteiger partial charge < -0.3 is 15.4 Å². The number of ether oxygens (including phenoxy) is 1. The van der Waals surface area contributed by atoms with E-state index in [9.17, 15) is 9.59 Å². The molecule has 1 amide bonds. The van der Waals surface area contributed by atoms with Crippen LogP contribution in [0.3, 0.4) is 0 Å². The van der Waals surface area contributed by atoms with Crippen molar-refractivity contribution in [1.29, 1.82) is 0 Å². The largest absolute Gasteiger partial charge is 0.465 e. The van der Waals surface area contributed by atoms with Crippen molar-refractivity contribution in [2.75, 3.05) is 25.4 Å². The molecule has 0 saturated carbocycles. The molecule has 0 aliphatic rings. The van der Waals surface area contributed by atoms with Crippen LogP contribution in [0.2, 0.25) is 5.15 Å². The molecule has 0 fully saturated rings. The van der Waals surface area contributed by atoms with E-state index in [-0.39, 0.29) is 35.5 Å². The maximum atomic E-state index is 12.4. The summed E-state index contributed by atoms with van der Waals surface area (Å²) in [5, 5.41) is 0.176. The highest BCUT2D eigenvalue weighted by molar-refractivity contribution is 6.29. The van der Waals surface area contributed by atoms with E-state index in [0.717, 1.165) is 0 Å². The Labute approximate surface area is 122 Å². The van der Waals surface area contributed by atoms with Gasteiger partial charge >= 0.3 is 5.97 Å². The van der Waals surface area contributed by atoms with Gasteiger partial charge in [-0.2, -0.15) is 0 Å². The van der Waals surface area contributed by atoms with Gasteiger partial charge in [0.2, 0.25) is 0 Å². The average molecular weight is 300 g/mol. The van der Waals surface area contributed by atoms with Gasteiger partial charge in [0.05, 0.1) is 24.1 Å². The van der Waals surface area contributed by atoms with E-state index in [0.29, 0.717) is 13.0 Å². The number of nitrogens with two attached hydrogens (primary N) is 1. The van der Waals surface area contributed by atoms with E-state index in [4.69, 9.17) is 22.1 Å². The normalized spacial score (nSPS) is 10.2. The van der Waals surface area contributed by atoms with Crippen molar-refractivity contribution in [3.63, 3.8) is 0 Å². The number of rotatable bonds is 6. The van der Waals surface area contributed by atoms with E-state index in [1.807, 2.05) is 6.92 Å². The molecule has 1 rings (SSSR count). The molecule has 0 aliphatic heterocycles. The summed E-state index contributed by atoms with van der Waals surface area (Å²) in [7, 11) is 0. The molecule has 2 N–H and O–H groups in total. The topological polar surface area (TPSA) is 85.5 Å². The number of esters is 1. The summed E-state index contributed by atoms with van der Waals surface area (Å²) in [5.74, 6) is -0.810. The Morgan fingerprint density at radius 3 is 2.75 bits per heavy atom. The number of hydrogen-bond acceptors (Lipinski definition) is 5. The lowest BCUT2D eigenvalue weighted by molar-refractivity contribution is -0.143. The first-order valence-electron chi connectivity index (χ1n) is 6.35. The van der Waals surface area contributed by atoms with E-state index in [1.54, 1.807) is 6.92 Å². The van der Waals surface area contributed by atoms with Crippen LogP contribution in [0.5, 0.6) is 0 Å². The van der Waals surface area contributed by atoms with Crippen molar-refractivity contribution < 1.29 is 14.3 Å². The number of nitrogens with zero attached hydrogens (tertiary/aromatic N) is 2. The number of halogens is 1. The molecule has 0 spiro atoms. The molecular weight excluding hydrogens is 282 g/mol. The minimum absolute atomic E-state index is 0.111. The Hall–Kier alpha value is -1.82. The van der Waals surface area contributed by atoms with Crippen LogP contribution >= 0.6 is 11.6 Å². The van der Waals surface area contributed by atoms with Crippen LogP contribution in [0.15, 0.2) is 12.3 Å². The van der Waals surface area contributed by atoms with Crippen molar-refractivity contribution >= 4 is 29.2 Å². The summed E-state index contributed by atoms with van der Waals surface area (Å²) in [6.07, 6.45) is 2.04. The van der Waals surface area contributed by atoms with Crippen LogP contribution in [0.4, 0.5) is 5.69 Å². The van der Waals surface area contributed by atoms with E-state index < -0.39 is 5.97 Å². The number of amides is 1. The summed E-state index contributed by atoms with van der Waals surface area (Å²) < 4.78 is 4.86. The van der Waals surface area contributed by atoms with Crippen LogP contribution in [-0.2, 0) is 9.53 Å². The minimum Gasteiger partial charge on any atom is -0.465 e. The monoisotopic (exact) mass is 299 g/mol. The van der Waals surface area contributed by atoms with Gasteiger partial charge in [-0.1, -0.05) is 18.5 Å². The molecule has 0 saturated heterocycles. The quantitative estimate of drug-likeness (QED) is 0.638. The molecule has 6 nitrogen and oxygen atoms in total. The summed E-state index contributed by atoms with van der Waals surface area (Å²) in [5.41, 5.74) is 6.19. The lowest BCUT2D eigenvalue weighted by Crippen LogP contribution is -2.37. The van der Waals surface area contributed by atoms with Crippen molar-refractivity contribution in [3.8, 4) is 0 Å². The van der Waals surface area contributed by atoms with Gasteiger partial charge in [-0.05, 0) is 19.4 Å². The molecule has 20 heavy (non-hydrogen) atoms. The predicted octanol–water partition coefficient (Wildman–Crippen LogP) is 1.73. The SMILES string of the molecule is CCCN(CC(=O)OCC)C(=O)c1cc(Cl)ncc1N. The Balaban J connectivity index is 2.93. The highest BCUT2D eigenvalue weighted by Gasteiger charge is 2.21. The Kier molecular flexibility index (Phi) is 6.24. The number of carbonyl (C=O) groups excluding carboxylic acids is 2. The van der Waals surface area contributed by atoms with Crippen LogP contribution in [0, 0.1) is 0 Å². The third-order valence-electron chi connectivity index (χ3n) is 2.54. The Morgan fingerprint density at radius 2 is 2.15 bits per heavy atom. The standard InChI is InChI=1S/C13H18ClN3O3/c1-3-5-17(8-12(18)20-4-2)13(19)9-6-11(14)16-7-10(9)15/h6-7H,3-5,8,15H2,1-2H3. The van der Waals surface area contributed by atoms with Crippen LogP contribution < -0.4 is 5.73 Å². The fourth-order valence-corrected chi connectivity index (χ4v) is 1.84. The molecule has 1 aromatic rings. The van der Waals surface area contributed by atoms with Crippen molar-refractivity contribution in [2.45, 2.75) is 20.3 Å². The first kappa shape index (κ1) is 16.2. The molecule has 0 unspecified atom stereocenters. The molecule has 110 valence electrons. The Morgan fingerprint density at radius 1 is 1.45 bits per heavy atom. The Bertz CT molecular complexity index is 494. The number of anilines is 1. The van der Waals surface area contributed by atoms with Gasteiger partial charge in [0.1, 0.15) is 11.7 Å². The second-order valence-corrected chi connectivity index (χ2v) is 4.51. The zero-order chi connectivity index (χ0) is 15.1. The van der Waals surface area contributed by atoms with Crippen LogP contribution in [0.25, 0.3) is 0 Å². The summed E-state index contributed by atoms with van der Waals surface area (Å²) in [6, 6.07) is 1.40. The molecule has 1 heterocycles. The van der Waals surface area contributed by atoms with Gasteiger partial charge in [-0.15, -0.1) is 0 Å². The summed E-state index contributed by atoms with van der Waals surface area (Å²) in [6.45, 7) is 4.21. The highest BCUT2D eigenvalue weighted by Crippen LogP contribution is 2.17. The molecule has 0 atom stereocenters. The molecule has 0 aromatic carbocycles. The number of nitrogen functional groups attached to an aromatic ring is 1. The van der Waals surface area contributed by atoms with Gasteiger partial charge in [0.25, 0.3) is 5.91 Å². The number of pyridine rings is 1. The number of hydrogen-bond donors (Lipinski definition) is 1. The summed E-state index contributed by atoms with van der Waals surface area (Å²) in [4.78, 5) is 29.1.